The van der Waals surface area contributed by atoms with E-state index in [0.29, 0.717) is 30.0 Å². The van der Waals surface area contributed by atoms with Crippen LogP contribution in [-0.2, 0) is 6.42 Å². The van der Waals surface area contributed by atoms with E-state index in [-0.39, 0.29) is 5.82 Å². The summed E-state index contributed by atoms with van der Waals surface area (Å²) in [5, 5.41) is 0. The molecule has 0 aromatic heterocycles. The number of nitrogens with two attached hydrogens (primary N) is 1. The van der Waals surface area contributed by atoms with Crippen LogP contribution in [0.3, 0.4) is 0 Å². The topological polar surface area (TPSA) is 35.2 Å². The molecule has 2 rings (SSSR count). The second-order valence-corrected chi connectivity index (χ2v) is 5.18. The van der Waals surface area contributed by atoms with E-state index in [2.05, 4.69) is 15.9 Å². The number of hydrogen-bond acceptors (Lipinski definition) is 2. The number of aryl methyl sites for hydroxylation is 1. The molecule has 0 unspecified atom stereocenters. The number of ether oxygens (including phenoxy) is 1. The molecule has 0 aliphatic heterocycles. The minimum atomic E-state index is -0.280. The molecule has 0 fully saturated rings. The average Bonchev–Trinajstić information content (AvgIpc) is 2.37. The van der Waals surface area contributed by atoms with Crippen LogP contribution in [0, 0.1) is 12.7 Å². The Labute approximate surface area is 120 Å². The van der Waals surface area contributed by atoms with E-state index in [4.69, 9.17) is 10.5 Å². The third kappa shape index (κ3) is 3.33. The Morgan fingerprint density at radius 3 is 2.68 bits per heavy atom. The molecule has 0 aliphatic rings. The quantitative estimate of drug-likeness (QED) is 0.915. The van der Waals surface area contributed by atoms with Gasteiger partial charge in [0.05, 0.1) is 0 Å². The highest BCUT2D eigenvalue weighted by molar-refractivity contribution is 9.10. The van der Waals surface area contributed by atoms with Gasteiger partial charge >= 0.3 is 0 Å². The fourth-order valence-electron chi connectivity index (χ4n) is 1.87. The summed E-state index contributed by atoms with van der Waals surface area (Å²) < 4.78 is 20.6. The number of hydrogen-bond donors (Lipinski definition) is 1. The van der Waals surface area contributed by atoms with E-state index in [0.717, 1.165) is 10.0 Å². The number of benzene rings is 2. The minimum absolute atomic E-state index is 0.280. The predicted octanol–water partition coefficient (Wildman–Crippen LogP) is 4.19. The lowest BCUT2D eigenvalue weighted by Gasteiger charge is -2.13. The monoisotopic (exact) mass is 323 g/mol. The van der Waals surface area contributed by atoms with Crippen molar-refractivity contribution in [2.24, 2.45) is 5.73 Å². The van der Waals surface area contributed by atoms with Crippen LogP contribution in [0.25, 0.3) is 0 Å². The van der Waals surface area contributed by atoms with Crippen molar-refractivity contribution in [1.29, 1.82) is 0 Å². The molecule has 2 aromatic carbocycles. The molecule has 0 saturated carbocycles. The molecule has 2 N–H and O–H groups in total. The highest BCUT2D eigenvalue weighted by atomic mass is 79.9. The van der Waals surface area contributed by atoms with Crippen LogP contribution in [0.15, 0.2) is 40.9 Å². The van der Waals surface area contributed by atoms with E-state index in [1.807, 2.05) is 25.1 Å². The first-order chi connectivity index (χ1) is 9.11. The Hall–Kier alpha value is -1.39. The van der Waals surface area contributed by atoms with E-state index >= 15 is 0 Å². The zero-order chi connectivity index (χ0) is 13.8. The first-order valence-corrected chi connectivity index (χ1v) is 6.82. The molecule has 2 aromatic rings. The Bertz CT molecular complexity index is 586. The highest BCUT2D eigenvalue weighted by Crippen LogP contribution is 2.30. The van der Waals surface area contributed by atoms with Crippen molar-refractivity contribution in [3.05, 3.63) is 57.8 Å². The van der Waals surface area contributed by atoms with Gasteiger partial charge in [0.1, 0.15) is 17.3 Å². The SMILES string of the molecule is Cc1cc(Br)ccc1Oc1cccc(F)c1CCN. The number of rotatable bonds is 4. The molecular weight excluding hydrogens is 309 g/mol. The molecule has 100 valence electrons. The first kappa shape index (κ1) is 14.0. The average molecular weight is 324 g/mol. The third-order valence-corrected chi connectivity index (χ3v) is 3.32. The van der Waals surface area contributed by atoms with Crippen molar-refractivity contribution >= 4 is 15.9 Å². The molecule has 4 heteroatoms. The van der Waals surface area contributed by atoms with Crippen molar-refractivity contribution in [3.63, 3.8) is 0 Å². The Morgan fingerprint density at radius 2 is 2.00 bits per heavy atom. The highest BCUT2D eigenvalue weighted by Gasteiger charge is 2.10. The third-order valence-electron chi connectivity index (χ3n) is 2.83. The molecule has 0 bridgehead atoms. The van der Waals surface area contributed by atoms with Crippen LogP contribution in [0.4, 0.5) is 4.39 Å². The Kier molecular flexibility index (Phi) is 4.56. The molecular formula is C15H15BrFNO. The second-order valence-electron chi connectivity index (χ2n) is 4.27. The van der Waals surface area contributed by atoms with Crippen molar-refractivity contribution in [1.82, 2.24) is 0 Å². The summed E-state index contributed by atoms with van der Waals surface area (Å²) in [5.74, 6) is 0.959. The van der Waals surface area contributed by atoms with Crippen molar-refractivity contribution in [2.75, 3.05) is 6.54 Å². The fourth-order valence-corrected chi connectivity index (χ4v) is 2.34. The van der Waals surface area contributed by atoms with Gasteiger partial charge in [-0.25, -0.2) is 4.39 Å². The molecule has 0 radical (unpaired) electrons. The largest absolute Gasteiger partial charge is 0.457 e. The van der Waals surface area contributed by atoms with Crippen molar-refractivity contribution in [2.45, 2.75) is 13.3 Å². The molecule has 0 aliphatic carbocycles. The molecule has 0 saturated heterocycles. The van der Waals surface area contributed by atoms with Gasteiger partial charge in [-0.05, 0) is 55.8 Å². The Morgan fingerprint density at radius 1 is 1.21 bits per heavy atom. The zero-order valence-electron chi connectivity index (χ0n) is 10.6. The van der Waals surface area contributed by atoms with Crippen LogP contribution >= 0.6 is 15.9 Å². The van der Waals surface area contributed by atoms with Crippen LogP contribution in [-0.4, -0.2) is 6.54 Å². The predicted molar refractivity (Wildman–Crippen MR) is 78.1 cm³/mol. The summed E-state index contributed by atoms with van der Waals surface area (Å²) in [4.78, 5) is 0. The van der Waals surface area contributed by atoms with E-state index in [1.54, 1.807) is 12.1 Å². The summed E-state index contributed by atoms with van der Waals surface area (Å²) in [7, 11) is 0. The van der Waals surface area contributed by atoms with Crippen LogP contribution in [0.2, 0.25) is 0 Å². The van der Waals surface area contributed by atoms with Crippen molar-refractivity contribution < 1.29 is 9.13 Å². The lowest BCUT2D eigenvalue weighted by molar-refractivity contribution is 0.463. The Balaban J connectivity index is 2.35. The lowest BCUT2D eigenvalue weighted by Crippen LogP contribution is -2.06. The molecule has 19 heavy (non-hydrogen) atoms. The van der Waals surface area contributed by atoms with Crippen LogP contribution in [0.5, 0.6) is 11.5 Å². The maximum Gasteiger partial charge on any atom is 0.133 e. The summed E-state index contributed by atoms with van der Waals surface area (Å²) in [5.41, 5.74) is 7.02. The maximum atomic E-state index is 13.8. The normalized spacial score (nSPS) is 10.5. The zero-order valence-corrected chi connectivity index (χ0v) is 12.2. The summed E-state index contributed by atoms with van der Waals surface area (Å²) in [6.07, 6.45) is 0.456. The van der Waals surface area contributed by atoms with Crippen molar-refractivity contribution in [3.8, 4) is 11.5 Å². The van der Waals surface area contributed by atoms with Gasteiger partial charge in [-0.1, -0.05) is 22.0 Å². The summed E-state index contributed by atoms with van der Waals surface area (Å²) >= 11 is 3.40. The fraction of sp³-hybridized carbons (Fsp3) is 0.200. The first-order valence-electron chi connectivity index (χ1n) is 6.03. The maximum absolute atomic E-state index is 13.8. The van der Waals surface area contributed by atoms with Gasteiger partial charge in [-0.2, -0.15) is 0 Å². The van der Waals surface area contributed by atoms with Gasteiger partial charge in [0.25, 0.3) is 0 Å². The standard InChI is InChI=1S/C15H15BrFNO/c1-10-9-11(16)5-6-14(10)19-15-4-2-3-13(17)12(15)7-8-18/h2-6,9H,7-8,18H2,1H3. The van der Waals surface area contributed by atoms with Gasteiger partial charge in [0.2, 0.25) is 0 Å². The lowest BCUT2D eigenvalue weighted by atomic mass is 10.1. The number of halogens is 2. The van der Waals surface area contributed by atoms with Crippen LogP contribution in [0.1, 0.15) is 11.1 Å². The molecule has 0 spiro atoms. The van der Waals surface area contributed by atoms with Gasteiger partial charge in [-0.3, -0.25) is 0 Å². The smallest absolute Gasteiger partial charge is 0.133 e. The minimum Gasteiger partial charge on any atom is -0.457 e. The summed E-state index contributed by atoms with van der Waals surface area (Å²) in [6.45, 7) is 2.33. The van der Waals surface area contributed by atoms with Gasteiger partial charge in [0.15, 0.2) is 0 Å². The van der Waals surface area contributed by atoms with E-state index < -0.39 is 0 Å². The van der Waals surface area contributed by atoms with Gasteiger partial charge in [-0.15, -0.1) is 0 Å². The van der Waals surface area contributed by atoms with Gasteiger partial charge in [0, 0.05) is 10.0 Å². The van der Waals surface area contributed by atoms with E-state index in [1.165, 1.54) is 6.07 Å². The van der Waals surface area contributed by atoms with Gasteiger partial charge < -0.3 is 10.5 Å². The summed E-state index contributed by atoms with van der Waals surface area (Å²) in [6, 6.07) is 10.5. The molecule has 0 atom stereocenters. The molecule has 0 heterocycles. The molecule has 2 nitrogen and oxygen atoms in total. The van der Waals surface area contributed by atoms with E-state index in [9.17, 15) is 4.39 Å². The second kappa shape index (κ2) is 6.17. The van der Waals surface area contributed by atoms with Crippen LogP contribution < -0.4 is 10.5 Å². The molecule has 0 amide bonds.